The van der Waals surface area contributed by atoms with E-state index in [1.807, 2.05) is 6.07 Å². The molecule has 0 saturated heterocycles. The normalized spacial score (nSPS) is 14.9. The summed E-state index contributed by atoms with van der Waals surface area (Å²) in [5, 5.41) is 8.69. The number of hydrogen-bond acceptors (Lipinski definition) is 1. The molecule has 1 N–H and O–H groups in total. The van der Waals surface area contributed by atoms with Gasteiger partial charge in [0.15, 0.2) is 0 Å². The molecule has 1 rings (SSSR count). The zero-order chi connectivity index (χ0) is 6.69. The predicted octanol–water partition coefficient (Wildman–Crippen LogP) is 1.18. The Morgan fingerprint density at radius 2 is 2.00 bits per heavy atom. The van der Waals surface area contributed by atoms with E-state index in [0.717, 1.165) is 0 Å². The summed E-state index contributed by atoms with van der Waals surface area (Å²) in [6.45, 7) is -1.09. The van der Waals surface area contributed by atoms with E-state index in [0.29, 0.717) is 5.56 Å². The largest absolute Gasteiger partial charge is 0.392 e. The molecule has 0 aliphatic heterocycles. The van der Waals surface area contributed by atoms with Crippen LogP contribution < -0.4 is 0 Å². The van der Waals surface area contributed by atoms with Crippen molar-refractivity contribution in [1.29, 1.82) is 0 Å². The van der Waals surface area contributed by atoms with Crippen LogP contribution in [-0.4, -0.2) is 5.11 Å². The summed E-state index contributed by atoms with van der Waals surface area (Å²) in [6, 6.07) is 8.89. The molecule has 42 valence electrons. The first kappa shape index (κ1) is 4.10. The fourth-order valence-electron chi connectivity index (χ4n) is 0.539. The molecular formula is C7H8O. The first-order valence-corrected chi connectivity index (χ1v) is 2.46. The number of aliphatic hydroxyl groups is 1. The quantitative estimate of drug-likeness (QED) is 0.574. The van der Waals surface area contributed by atoms with Crippen LogP contribution in [0.5, 0.6) is 0 Å². The maximum atomic E-state index is 8.69. The van der Waals surface area contributed by atoms with E-state index in [4.69, 9.17) is 6.48 Å². The van der Waals surface area contributed by atoms with Crippen LogP contribution >= 0.6 is 0 Å². The molecule has 1 nitrogen and oxygen atoms in total. The summed E-state index contributed by atoms with van der Waals surface area (Å²) in [7, 11) is 0. The van der Waals surface area contributed by atoms with Crippen LogP contribution in [0.4, 0.5) is 0 Å². The Morgan fingerprint density at radius 1 is 1.38 bits per heavy atom. The van der Waals surface area contributed by atoms with Crippen molar-refractivity contribution in [3.63, 3.8) is 0 Å². The van der Waals surface area contributed by atoms with Crippen molar-refractivity contribution in [3.8, 4) is 0 Å². The van der Waals surface area contributed by atoms with Gasteiger partial charge in [0.25, 0.3) is 0 Å². The summed E-state index contributed by atoms with van der Waals surface area (Å²) < 4.78 is 6.87. The summed E-state index contributed by atoms with van der Waals surface area (Å²) in [4.78, 5) is 0. The molecule has 1 aromatic rings. The van der Waals surface area contributed by atoms with E-state index in [9.17, 15) is 0 Å². The van der Waals surface area contributed by atoms with Crippen molar-refractivity contribution in [2.24, 2.45) is 0 Å². The highest BCUT2D eigenvalue weighted by Crippen LogP contribution is 1.95. The van der Waals surface area contributed by atoms with Gasteiger partial charge in [-0.15, -0.1) is 0 Å². The highest BCUT2D eigenvalue weighted by atomic mass is 16.3. The smallest absolute Gasteiger partial charge is 0.0681 e. The lowest BCUT2D eigenvalue weighted by Crippen LogP contribution is -1.77. The Kier molecular flexibility index (Phi) is 1.27. The molecule has 0 spiro atoms. The van der Waals surface area contributed by atoms with Crippen molar-refractivity contribution in [1.82, 2.24) is 0 Å². The molecule has 0 radical (unpaired) electrons. The van der Waals surface area contributed by atoms with Crippen LogP contribution in [0.25, 0.3) is 0 Å². The van der Waals surface area contributed by atoms with E-state index in [1.54, 1.807) is 24.3 Å². The molecule has 1 heteroatoms. The van der Waals surface area contributed by atoms with Crippen LogP contribution in [0.15, 0.2) is 30.3 Å². The summed E-state index contributed by atoms with van der Waals surface area (Å²) in [5.74, 6) is 0. The van der Waals surface area contributed by atoms with Crippen molar-refractivity contribution in [2.45, 2.75) is 6.58 Å². The summed E-state index contributed by atoms with van der Waals surface area (Å²) in [5.41, 5.74) is 0.637. The van der Waals surface area contributed by atoms with Crippen molar-refractivity contribution in [2.75, 3.05) is 0 Å². The number of benzene rings is 1. The average Bonchev–Trinajstić information content (AvgIpc) is 1.90. The second-order valence-electron chi connectivity index (χ2n) is 1.54. The number of aliphatic hydroxyl groups excluding tert-OH is 1. The van der Waals surface area contributed by atoms with Gasteiger partial charge in [-0.1, -0.05) is 30.3 Å². The van der Waals surface area contributed by atoms with Crippen LogP contribution in [0.2, 0.25) is 0 Å². The highest BCUT2D eigenvalue weighted by Gasteiger charge is 1.81. The minimum Gasteiger partial charge on any atom is -0.392 e. The highest BCUT2D eigenvalue weighted by molar-refractivity contribution is 5.12. The topological polar surface area (TPSA) is 20.2 Å². The lowest BCUT2D eigenvalue weighted by atomic mass is 10.2. The third-order valence-electron chi connectivity index (χ3n) is 0.949. The Balaban J connectivity index is 2.85. The van der Waals surface area contributed by atoms with Gasteiger partial charge in [0, 0.05) is 0 Å². The van der Waals surface area contributed by atoms with Gasteiger partial charge in [-0.2, -0.15) is 0 Å². The van der Waals surface area contributed by atoms with Gasteiger partial charge in [0.05, 0.1) is 7.95 Å². The van der Waals surface area contributed by atoms with Gasteiger partial charge in [0.1, 0.15) is 0 Å². The summed E-state index contributed by atoms with van der Waals surface area (Å²) >= 11 is 0. The third kappa shape index (κ3) is 1.07. The predicted molar refractivity (Wildman–Crippen MR) is 32.4 cm³/mol. The molecule has 0 amide bonds. The van der Waals surface area contributed by atoms with Crippen molar-refractivity contribution < 1.29 is 6.48 Å². The van der Waals surface area contributed by atoms with E-state index in [2.05, 4.69) is 0 Å². The Hall–Kier alpha value is -0.820. The fourth-order valence-corrected chi connectivity index (χ4v) is 0.539. The van der Waals surface area contributed by atoms with Crippen LogP contribution in [0, 0.1) is 0 Å². The minimum absolute atomic E-state index is 0.637. The maximum Gasteiger partial charge on any atom is 0.0681 e. The monoisotopic (exact) mass is 109 g/mol. The van der Waals surface area contributed by atoms with Gasteiger partial charge < -0.3 is 5.11 Å². The Bertz CT molecular complexity index is 172. The second-order valence-corrected chi connectivity index (χ2v) is 1.54. The fraction of sp³-hybridized carbons (Fsp3) is 0.143. The molecule has 0 bridgehead atoms. The molecular weight excluding hydrogens is 100 g/mol. The van der Waals surface area contributed by atoms with Gasteiger partial charge in [-0.05, 0) is 5.56 Å². The lowest BCUT2D eigenvalue weighted by molar-refractivity contribution is 0.282. The van der Waals surface area contributed by atoms with E-state index < -0.39 is 6.58 Å². The lowest BCUT2D eigenvalue weighted by Gasteiger charge is -1.89. The van der Waals surface area contributed by atoms with Gasteiger partial charge >= 0.3 is 0 Å². The molecule has 0 aromatic heterocycles. The second kappa shape index (κ2) is 2.48. The van der Waals surface area contributed by atoms with E-state index in [-0.39, 0.29) is 0 Å². The Morgan fingerprint density at radius 3 is 2.38 bits per heavy atom. The minimum atomic E-state index is -1.09. The summed E-state index contributed by atoms with van der Waals surface area (Å²) in [6.07, 6.45) is 0. The molecule has 0 heterocycles. The van der Waals surface area contributed by atoms with Crippen molar-refractivity contribution in [3.05, 3.63) is 35.9 Å². The van der Waals surface area contributed by atoms with Gasteiger partial charge in [-0.3, -0.25) is 0 Å². The standard InChI is InChI=1S/C7H8O/c8-6-7-4-2-1-3-5-7/h1-5,8H,6H2/i6D/t6-/m0/s1. The molecule has 0 fully saturated rings. The SMILES string of the molecule is [2H][C@H](O)c1ccccc1. The van der Waals surface area contributed by atoms with Crippen LogP contribution in [0.3, 0.4) is 0 Å². The first-order valence-electron chi connectivity index (χ1n) is 3.03. The molecule has 0 saturated carbocycles. The Labute approximate surface area is 50.0 Å². The van der Waals surface area contributed by atoms with E-state index >= 15 is 0 Å². The molecule has 0 aliphatic rings. The first-order chi connectivity index (χ1) is 4.30. The molecule has 1 atom stereocenters. The van der Waals surface area contributed by atoms with Crippen LogP contribution in [0.1, 0.15) is 6.93 Å². The molecule has 8 heavy (non-hydrogen) atoms. The zero-order valence-corrected chi connectivity index (χ0v) is 4.41. The van der Waals surface area contributed by atoms with Gasteiger partial charge in [-0.25, -0.2) is 0 Å². The third-order valence-corrected chi connectivity index (χ3v) is 0.949. The molecule has 0 aliphatic carbocycles. The molecule has 0 unspecified atom stereocenters. The van der Waals surface area contributed by atoms with E-state index in [1.165, 1.54) is 0 Å². The number of rotatable bonds is 1. The zero-order valence-electron chi connectivity index (χ0n) is 5.41. The molecule has 1 aromatic carbocycles. The number of hydrogen-bond donors (Lipinski definition) is 1. The average molecular weight is 109 g/mol. The van der Waals surface area contributed by atoms with Crippen molar-refractivity contribution >= 4 is 0 Å². The van der Waals surface area contributed by atoms with Crippen LogP contribution in [-0.2, 0) is 6.58 Å². The maximum absolute atomic E-state index is 8.69. The van der Waals surface area contributed by atoms with Gasteiger partial charge in [0.2, 0.25) is 0 Å².